The maximum absolute atomic E-state index is 13.0. The lowest BCUT2D eigenvalue weighted by atomic mass is 9.88. The lowest BCUT2D eigenvalue weighted by molar-refractivity contribution is -0.134. The number of ether oxygens (including phenoxy) is 1. The maximum Gasteiger partial charge on any atom is 0.251 e. The molecule has 0 bridgehead atoms. The average Bonchev–Trinajstić information content (AvgIpc) is 3.45. The number of hydrogen-bond acceptors (Lipinski definition) is 6. The highest BCUT2D eigenvalue weighted by molar-refractivity contribution is 8.24. The summed E-state index contributed by atoms with van der Waals surface area (Å²) in [6.45, 7) is 0.648. The summed E-state index contributed by atoms with van der Waals surface area (Å²) in [5.41, 5.74) is 3.73. The zero-order chi connectivity index (χ0) is 23.9. The Morgan fingerprint density at radius 2 is 1.82 bits per heavy atom. The van der Waals surface area contributed by atoms with Crippen LogP contribution in [0, 0.1) is 5.92 Å². The molecule has 1 saturated carbocycles. The summed E-state index contributed by atoms with van der Waals surface area (Å²) in [5.74, 6) is -0.989. The Hall–Kier alpha value is -2.43. The predicted octanol–water partition coefficient (Wildman–Crippen LogP) is 3.89. The van der Waals surface area contributed by atoms with Crippen molar-refractivity contribution in [3.63, 3.8) is 0 Å². The van der Waals surface area contributed by atoms with Crippen LogP contribution in [0.15, 0.2) is 53.4 Å². The molecular formula is C25H30N2O6S. The molecule has 1 unspecified atom stereocenters. The number of rotatable bonds is 4. The molecule has 8 nitrogen and oxygen atoms in total. The Morgan fingerprint density at radius 1 is 1.06 bits per heavy atom. The van der Waals surface area contributed by atoms with Gasteiger partial charge in [0.1, 0.15) is 0 Å². The normalized spacial score (nSPS) is 30.5. The summed E-state index contributed by atoms with van der Waals surface area (Å²) in [7, 11) is -2.77. The molecule has 2 aliphatic heterocycles. The second-order valence-corrected chi connectivity index (χ2v) is 11.8. The molecule has 1 spiro atoms. The Morgan fingerprint density at radius 3 is 2.53 bits per heavy atom. The maximum atomic E-state index is 13.0. The molecule has 2 amide bonds. The first-order valence-corrected chi connectivity index (χ1v) is 13.4. The smallest absolute Gasteiger partial charge is 0.251 e. The van der Waals surface area contributed by atoms with Crippen molar-refractivity contribution in [1.82, 2.24) is 10.8 Å². The van der Waals surface area contributed by atoms with Crippen molar-refractivity contribution in [2.75, 3.05) is 12.4 Å². The summed E-state index contributed by atoms with van der Waals surface area (Å²) in [5, 5.41) is 12.2. The summed E-state index contributed by atoms with van der Waals surface area (Å²) < 4.78 is 26.8. The van der Waals surface area contributed by atoms with Crippen molar-refractivity contribution in [2.45, 2.75) is 54.6 Å². The zero-order valence-corrected chi connectivity index (χ0v) is 19.6. The van der Waals surface area contributed by atoms with Gasteiger partial charge in [-0.25, -0.2) is 5.48 Å². The second-order valence-electron chi connectivity index (χ2n) is 9.58. The Balaban J connectivity index is 1.32. The van der Waals surface area contributed by atoms with Crippen molar-refractivity contribution < 1.29 is 28.6 Å². The number of nitrogens with one attached hydrogen (secondary N) is 2. The molecule has 4 atom stereocenters. The van der Waals surface area contributed by atoms with Gasteiger partial charge < -0.3 is 10.1 Å². The minimum Gasteiger partial charge on any atom is -0.375 e. The van der Waals surface area contributed by atoms with E-state index in [9.17, 15) is 18.7 Å². The lowest BCUT2D eigenvalue weighted by Gasteiger charge is -2.41. The van der Waals surface area contributed by atoms with Gasteiger partial charge in [0.2, 0.25) is 5.91 Å². The van der Waals surface area contributed by atoms with Crippen LogP contribution in [0.25, 0.3) is 0 Å². The van der Waals surface area contributed by atoms with Gasteiger partial charge in [0, 0.05) is 29.9 Å². The van der Waals surface area contributed by atoms with E-state index in [2.05, 4.69) is 5.32 Å². The van der Waals surface area contributed by atoms with Gasteiger partial charge in [-0.05, 0) is 61.4 Å². The van der Waals surface area contributed by atoms with Crippen LogP contribution >= 0.6 is 10.6 Å². The van der Waals surface area contributed by atoms with Gasteiger partial charge in [-0.1, -0.05) is 30.3 Å². The van der Waals surface area contributed by atoms with E-state index in [1.165, 1.54) is 0 Å². The first-order chi connectivity index (χ1) is 16.3. The van der Waals surface area contributed by atoms with E-state index < -0.39 is 34.1 Å². The second kappa shape index (κ2) is 8.98. The van der Waals surface area contributed by atoms with E-state index in [1.807, 2.05) is 30.3 Å². The Kier molecular flexibility index (Phi) is 6.16. The van der Waals surface area contributed by atoms with E-state index in [-0.39, 0.29) is 11.8 Å². The molecule has 0 aromatic heterocycles. The Labute approximate surface area is 200 Å². The first-order valence-electron chi connectivity index (χ1n) is 11.7. The molecule has 3 aliphatic rings. The lowest BCUT2D eigenvalue weighted by Crippen LogP contribution is -2.43. The van der Waals surface area contributed by atoms with Crippen LogP contribution in [0.3, 0.4) is 0 Å². The van der Waals surface area contributed by atoms with Gasteiger partial charge in [0.05, 0.1) is 16.4 Å². The SMILES string of the molecule is O=C(N[C@@H]1C[C@@]2(CCCO2)C[C@@H]1C(=O)NO)c1ccc(C2CCS(O)(O)c3ccccc32)cc1. The van der Waals surface area contributed by atoms with Crippen LogP contribution in [0.4, 0.5) is 0 Å². The minimum atomic E-state index is -2.77. The van der Waals surface area contributed by atoms with Crippen molar-refractivity contribution in [1.29, 1.82) is 0 Å². The van der Waals surface area contributed by atoms with Crippen molar-refractivity contribution in [2.24, 2.45) is 5.92 Å². The molecule has 182 valence electrons. The fourth-order valence-corrected chi connectivity index (χ4v) is 7.50. The van der Waals surface area contributed by atoms with Crippen LogP contribution in [-0.4, -0.2) is 50.1 Å². The zero-order valence-electron chi connectivity index (χ0n) is 18.8. The molecule has 2 aromatic rings. The fraction of sp³-hybridized carbons (Fsp3) is 0.440. The molecule has 9 heteroatoms. The summed E-state index contributed by atoms with van der Waals surface area (Å²) >= 11 is 0. The Bertz CT molecular complexity index is 1080. The minimum absolute atomic E-state index is 0.0278. The van der Waals surface area contributed by atoms with Gasteiger partial charge in [-0.3, -0.25) is 23.9 Å². The molecule has 34 heavy (non-hydrogen) atoms. The molecule has 5 rings (SSSR count). The number of carbonyl (C=O) groups excluding carboxylic acids is 2. The predicted molar refractivity (Wildman–Crippen MR) is 127 cm³/mol. The number of benzene rings is 2. The standard InChI is InChI=1S/C25H30N2O6S/c28-23(26-21-15-25(11-3-12-33-25)14-20(21)24(29)27-30)17-8-6-16(7-9-17)18-10-13-34(31,32)22-5-2-1-4-19(18)22/h1-2,4-9,18,20-21,30-32H,3,10-15H2,(H,26,28)(H,27,29)/t18?,20-,21+,25+/m0/s1. The number of hydroxylamine groups is 1. The highest BCUT2D eigenvalue weighted by Crippen LogP contribution is 2.57. The van der Waals surface area contributed by atoms with Gasteiger partial charge >= 0.3 is 0 Å². The highest BCUT2D eigenvalue weighted by Gasteiger charge is 2.51. The molecule has 2 fully saturated rings. The molecule has 0 radical (unpaired) electrons. The van der Waals surface area contributed by atoms with Gasteiger partial charge in [-0.2, -0.15) is 10.6 Å². The molecule has 2 heterocycles. The van der Waals surface area contributed by atoms with Crippen LogP contribution in [-0.2, 0) is 9.53 Å². The summed E-state index contributed by atoms with van der Waals surface area (Å²) in [4.78, 5) is 25.9. The quantitative estimate of drug-likeness (QED) is 0.329. The monoisotopic (exact) mass is 486 g/mol. The number of fused-ring (bicyclic) bond motifs is 1. The van der Waals surface area contributed by atoms with E-state index in [4.69, 9.17) is 9.94 Å². The summed E-state index contributed by atoms with van der Waals surface area (Å²) in [6.07, 6.45) is 3.41. The molecule has 1 aliphatic carbocycles. The van der Waals surface area contributed by atoms with Crippen molar-refractivity contribution in [3.05, 3.63) is 65.2 Å². The molecule has 1 saturated heterocycles. The first kappa shape index (κ1) is 23.3. The van der Waals surface area contributed by atoms with Crippen LogP contribution in [0.2, 0.25) is 0 Å². The van der Waals surface area contributed by atoms with Gasteiger partial charge in [0.25, 0.3) is 5.91 Å². The molecule has 2 aromatic carbocycles. The topological polar surface area (TPSA) is 128 Å². The number of amides is 2. The van der Waals surface area contributed by atoms with E-state index in [0.29, 0.717) is 42.1 Å². The highest BCUT2D eigenvalue weighted by atomic mass is 32.3. The van der Waals surface area contributed by atoms with Gasteiger partial charge in [-0.15, -0.1) is 0 Å². The third-order valence-electron chi connectivity index (χ3n) is 7.53. The summed E-state index contributed by atoms with van der Waals surface area (Å²) in [6, 6.07) is 14.3. The van der Waals surface area contributed by atoms with Crippen LogP contribution in [0.5, 0.6) is 0 Å². The molecular weight excluding hydrogens is 456 g/mol. The van der Waals surface area contributed by atoms with E-state index in [1.54, 1.807) is 23.7 Å². The third kappa shape index (κ3) is 4.23. The van der Waals surface area contributed by atoms with Crippen molar-refractivity contribution in [3.8, 4) is 0 Å². The average molecular weight is 487 g/mol. The third-order valence-corrected chi connectivity index (χ3v) is 9.41. The number of hydrogen-bond donors (Lipinski definition) is 5. The van der Waals surface area contributed by atoms with Crippen LogP contribution < -0.4 is 10.8 Å². The van der Waals surface area contributed by atoms with E-state index in [0.717, 1.165) is 24.0 Å². The van der Waals surface area contributed by atoms with Crippen molar-refractivity contribution >= 4 is 22.4 Å². The van der Waals surface area contributed by atoms with E-state index >= 15 is 0 Å². The molecule has 5 N–H and O–H groups in total. The fourth-order valence-electron chi connectivity index (χ4n) is 5.84. The number of carbonyl (C=O) groups is 2. The largest absolute Gasteiger partial charge is 0.375 e. The van der Waals surface area contributed by atoms with Crippen LogP contribution in [0.1, 0.15) is 59.5 Å². The van der Waals surface area contributed by atoms with Gasteiger partial charge in [0.15, 0.2) is 0 Å².